The Labute approximate surface area is 102 Å². The van der Waals surface area contributed by atoms with Gasteiger partial charge in [0.2, 0.25) is 5.91 Å². The Hall–Kier alpha value is -1.71. The van der Waals surface area contributed by atoms with E-state index in [9.17, 15) is 4.79 Å². The van der Waals surface area contributed by atoms with Crippen LogP contribution in [0.25, 0.3) is 0 Å². The number of amides is 1. The number of rotatable bonds is 2. The van der Waals surface area contributed by atoms with E-state index < -0.39 is 0 Å². The summed E-state index contributed by atoms with van der Waals surface area (Å²) in [6.45, 7) is 2.88. The molecule has 0 radical (unpaired) electrons. The summed E-state index contributed by atoms with van der Waals surface area (Å²) in [6, 6.07) is 8.20. The maximum atomic E-state index is 11.3. The number of carbonyl (C=O) groups is 1. The molecule has 2 unspecified atom stereocenters. The summed E-state index contributed by atoms with van der Waals surface area (Å²) in [5.41, 5.74) is 12.9. The van der Waals surface area contributed by atoms with Gasteiger partial charge >= 0.3 is 0 Å². The highest BCUT2D eigenvalue weighted by Crippen LogP contribution is 2.27. The molecule has 2 atom stereocenters. The van der Waals surface area contributed by atoms with E-state index >= 15 is 0 Å². The van der Waals surface area contributed by atoms with Crippen molar-refractivity contribution in [2.24, 2.45) is 11.7 Å². The fourth-order valence-electron chi connectivity index (χ4n) is 2.36. The topological polar surface area (TPSA) is 72.4 Å². The van der Waals surface area contributed by atoms with Crippen LogP contribution in [0.15, 0.2) is 24.3 Å². The lowest BCUT2D eigenvalue weighted by molar-refractivity contribution is -0.122. The Morgan fingerprint density at radius 2 is 1.94 bits per heavy atom. The molecule has 1 aromatic carbocycles. The first-order chi connectivity index (χ1) is 8.08. The van der Waals surface area contributed by atoms with Crippen molar-refractivity contribution >= 4 is 17.3 Å². The highest BCUT2D eigenvalue weighted by Gasteiger charge is 2.28. The number of hydrogen-bond acceptors (Lipinski definition) is 3. The Bertz CT molecular complexity index is 402. The molecule has 0 aromatic heterocycles. The molecule has 4 heteroatoms. The average Bonchev–Trinajstić information content (AvgIpc) is 2.31. The number of hydrogen-bond donors (Lipinski definition) is 2. The van der Waals surface area contributed by atoms with Crippen molar-refractivity contribution in [1.29, 1.82) is 0 Å². The van der Waals surface area contributed by atoms with Gasteiger partial charge in [-0.2, -0.15) is 0 Å². The number of carbonyl (C=O) groups excluding carboxylic acids is 1. The summed E-state index contributed by atoms with van der Waals surface area (Å²) in [4.78, 5) is 13.5. The quantitative estimate of drug-likeness (QED) is 0.757. The van der Waals surface area contributed by atoms with Crippen molar-refractivity contribution in [3.8, 4) is 0 Å². The van der Waals surface area contributed by atoms with Gasteiger partial charge in [-0.1, -0.05) is 0 Å². The summed E-state index contributed by atoms with van der Waals surface area (Å²) >= 11 is 0. The van der Waals surface area contributed by atoms with Crippen molar-refractivity contribution in [3.05, 3.63) is 24.3 Å². The van der Waals surface area contributed by atoms with Crippen molar-refractivity contribution in [2.45, 2.75) is 25.8 Å². The van der Waals surface area contributed by atoms with Gasteiger partial charge in [-0.15, -0.1) is 0 Å². The summed E-state index contributed by atoms with van der Waals surface area (Å²) < 4.78 is 0. The molecule has 1 fully saturated rings. The van der Waals surface area contributed by atoms with Gasteiger partial charge in [0.1, 0.15) is 0 Å². The maximum Gasteiger partial charge on any atom is 0.222 e. The third-order valence-corrected chi connectivity index (χ3v) is 3.51. The lowest BCUT2D eigenvalue weighted by Crippen LogP contribution is -2.45. The maximum absolute atomic E-state index is 11.3. The summed E-state index contributed by atoms with van der Waals surface area (Å²) in [6.07, 6.45) is 1.89. The number of anilines is 2. The molecule has 0 spiro atoms. The predicted octanol–water partition coefficient (Wildman–Crippen LogP) is 1.36. The number of nitrogen functional groups attached to an aromatic ring is 1. The number of benzene rings is 1. The molecule has 0 aliphatic carbocycles. The van der Waals surface area contributed by atoms with Crippen molar-refractivity contribution < 1.29 is 4.79 Å². The van der Waals surface area contributed by atoms with Crippen LogP contribution < -0.4 is 16.4 Å². The zero-order valence-corrected chi connectivity index (χ0v) is 10.1. The Morgan fingerprint density at radius 1 is 1.29 bits per heavy atom. The fraction of sp³-hybridized carbons (Fsp3) is 0.462. The van der Waals surface area contributed by atoms with Gasteiger partial charge in [-0.3, -0.25) is 4.79 Å². The van der Waals surface area contributed by atoms with E-state index in [2.05, 4.69) is 11.8 Å². The van der Waals surface area contributed by atoms with Gasteiger partial charge in [0.25, 0.3) is 0 Å². The van der Waals surface area contributed by atoms with Crippen LogP contribution in [0.4, 0.5) is 11.4 Å². The highest BCUT2D eigenvalue weighted by molar-refractivity contribution is 5.77. The van der Waals surface area contributed by atoms with Crippen LogP contribution in [0.5, 0.6) is 0 Å². The van der Waals surface area contributed by atoms with Crippen molar-refractivity contribution in [1.82, 2.24) is 0 Å². The van der Waals surface area contributed by atoms with E-state index in [-0.39, 0.29) is 11.8 Å². The lowest BCUT2D eigenvalue weighted by atomic mass is 9.92. The van der Waals surface area contributed by atoms with E-state index in [1.165, 1.54) is 0 Å². The molecule has 17 heavy (non-hydrogen) atoms. The summed E-state index contributed by atoms with van der Waals surface area (Å²) in [5, 5.41) is 0. The van der Waals surface area contributed by atoms with E-state index in [0.29, 0.717) is 12.6 Å². The molecule has 1 aliphatic rings. The number of nitrogens with zero attached hydrogens (tertiary/aromatic N) is 1. The zero-order valence-electron chi connectivity index (χ0n) is 10.1. The molecule has 4 N–H and O–H groups in total. The third kappa shape index (κ3) is 2.52. The largest absolute Gasteiger partial charge is 0.399 e. The minimum absolute atomic E-state index is 0.0382. The van der Waals surface area contributed by atoms with Gasteiger partial charge in [-0.05, 0) is 44.0 Å². The summed E-state index contributed by atoms with van der Waals surface area (Å²) in [7, 11) is 0. The second kappa shape index (κ2) is 4.65. The third-order valence-electron chi connectivity index (χ3n) is 3.51. The summed E-state index contributed by atoms with van der Waals surface area (Å²) in [5.74, 6) is -0.235. The fourth-order valence-corrected chi connectivity index (χ4v) is 2.36. The standard InChI is InChI=1S/C13H19N3O/c1-9-2-3-10(13(15)17)8-16(9)12-6-4-11(14)5-7-12/h4-7,9-10H,2-3,8,14H2,1H3,(H2,15,17). The van der Waals surface area contributed by atoms with Crippen LogP contribution in [0.2, 0.25) is 0 Å². The molecule has 0 saturated carbocycles. The Kier molecular flexibility index (Phi) is 3.22. The highest BCUT2D eigenvalue weighted by atomic mass is 16.1. The molecule has 0 bridgehead atoms. The van der Waals surface area contributed by atoms with Gasteiger partial charge in [0.05, 0.1) is 5.92 Å². The van der Waals surface area contributed by atoms with Gasteiger partial charge in [0.15, 0.2) is 0 Å². The first-order valence-electron chi connectivity index (χ1n) is 5.99. The second-order valence-electron chi connectivity index (χ2n) is 4.77. The number of primary amides is 1. The van der Waals surface area contributed by atoms with Crippen molar-refractivity contribution in [2.75, 3.05) is 17.2 Å². The van der Waals surface area contributed by atoms with Crippen LogP contribution in [-0.2, 0) is 4.79 Å². The number of nitrogens with two attached hydrogens (primary N) is 2. The van der Waals surface area contributed by atoms with Crippen LogP contribution in [0, 0.1) is 5.92 Å². The molecule has 1 aromatic rings. The van der Waals surface area contributed by atoms with Gasteiger partial charge in [0, 0.05) is 24.0 Å². The molecular weight excluding hydrogens is 214 g/mol. The second-order valence-corrected chi connectivity index (χ2v) is 4.77. The van der Waals surface area contributed by atoms with Crippen LogP contribution in [-0.4, -0.2) is 18.5 Å². The molecule has 1 aliphatic heterocycles. The monoisotopic (exact) mass is 233 g/mol. The molecule has 1 amide bonds. The zero-order chi connectivity index (χ0) is 12.4. The smallest absolute Gasteiger partial charge is 0.222 e. The van der Waals surface area contributed by atoms with E-state index in [1.54, 1.807) is 0 Å². The molecule has 1 heterocycles. The van der Waals surface area contributed by atoms with Crippen LogP contribution in [0.1, 0.15) is 19.8 Å². The first-order valence-corrected chi connectivity index (χ1v) is 5.99. The predicted molar refractivity (Wildman–Crippen MR) is 69.6 cm³/mol. The van der Waals surface area contributed by atoms with E-state index in [0.717, 1.165) is 24.2 Å². The lowest BCUT2D eigenvalue weighted by Gasteiger charge is -2.38. The molecule has 2 rings (SSSR count). The van der Waals surface area contributed by atoms with Gasteiger partial charge in [-0.25, -0.2) is 0 Å². The Balaban J connectivity index is 2.17. The SMILES string of the molecule is CC1CCC(C(N)=O)CN1c1ccc(N)cc1. The average molecular weight is 233 g/mol. The molecular formula is C13H19N3O. The van der Waals surface area contributed by atoms with E-state index in [1.807, 2.05) is 24.3 Å². The normalized spacial score (nSPS) is 24.6. The minimum Gasteiger partial charge on any atom is -0.399 e. The molecule has 4 nitrogen and oxygen atoms in total. The van der Waals surface area contributed by atoms with E-state index in [4.69, 9.17) is 11.5 Å². The minimum atomic E-state index is -0.197. The van der Waals surface area contributed by atoms with Crippen LogP contribution >= 0.6 is 0 Å². The number of piperidine rings is 1. The van der Waals surface area contributed by atoms with Crippen LogP contribution in [0.3, 0.4) is 0 Å². The Morgan fingerprint density at radius 3 is 2.53 bits per heavy atom. The van der Waals surface area contributed by atoms with Crippen molar-refractivity contribution in [3.63, 3.8) is 0 Å². The molecule has 92 valence electrons. The first kappa shape index (κ1) is 11.8. The van der Waals surface area contributed by atoms with Gasteiger partial charge < -0.3 is 16.4 Å². The molecule has 1 saturated heterocycles.